The van der Waals surface area contributed by atoms with Crippen LogP contribution in [-0.2, 0) is 12.8 Å². The topological polar surface area (TPSA) is 13.0 Å². The zero-order valence-electron chi connectivity index (χ0n) is 85.1. The molecule has 0 aliphatic heterocycles. The van der Waals surface area contributed by atoms with Crippen molar-refractivity contribution >= 4 is 133 Å². The van der Waals surface area contributed by atoms with E-state index in [1.54, 1.807) is 0 Å². The lowest BCUT2D eigenvalue weighted by Gasteiger charge is -2.30. The van der Waals surface area contributed by atoms with E-state index in [1.807, 2.05) is 0 Å². The number of rotatable bonds is 22. The molecule has 0 atom stereocenters. The van der Waals surface area contributed by atoms with Crippen LogP contribution in [0, 0.1) is 69.2 Å². The Hall–Kier alpha value is -17.4. The largest absolute Gasteiger partial charge is 0.310 e. The highest BCUT2D eigenvalue weighted by Gasteiger charge is 2.29. The maximum absolute atomic E-state index is 2.49. The summed E-state index contributed by atoms with van der Waals surface area (Å²) in [5.74, 6) is 0. The molecule has 0 radical (unpaired) electrons. The van der Waals surface area contributed by atoms with Crippen LogP contribution in [-0.4, -0.2) is 0 Å². The first-order chi connectivity index (χ1) is 71.3. The molecule has 24 aromatic rings. The first-order valence-electron chi connectivity index (χ1n) is 51.4. The van der Waals surface area contributed by atoms with Gasteiger partial charge in [0.2, 0.25) is 0 Å². The molecule has 0 bridgehead atoms. The van der Waals surface area contributed by atoms with E-state index in [9.17, 15) is 0 Å². The highest BCUT2D eigenvalue weighted by atomic mass is 15.2. The van der Waals surface area contributed by atoms with Crippen molar-refractivity contribution in [2.75, 3.05) is 19.6 Å². The number of nitrogens with zero attached hydrogens (tertiary/aromatic N) is 4. The Morgan fingerprint density at radius 1 is 0.130 bits per heavy atom. The molecule has 4 nitrogen and oxygen atoms in total. The van der Waals surface area contributed by atoms with Gasteiger partial charge in [-0.2, -0.15) is 0 Å². The van der Waals surface area contributed by atoms with Gasteiger partial charge < -0.3 is 19.6 Å². The van der Waals surface area contributed by atoms with E-state index in [1.165, 1.54) is 220 Å². The van der Waals surface area contributed by atoms with Crippen molar-refractivity contribution in [3.63, 3.8) is 0 Å². The van der Waals surface area contributed by atoms with Gasteiger partial charge in [0.1, 0.15) is 0 Å². The first kappa shape index (κ1) is 92.3. The van der Waals surface area contributed by atoms with E-state index >= 15 is 0 Å². The third-order valence-corrected chi connectivity index (χ3v) is 29.8. The SMILES string of the molecule is CCc1ccc(N(c2cc(-c3ccc(C)cc3)cc(-c3ccc(C)cc3)c2)c2ccc3ccc4c(N(c5ccc(CC)cc5)c5cc(-c6ccc(C)cc6)cc(-c6ccc(C)cc6)c5)ccc5ccc2c3c54)cc1.Cc1ccc(-c2cc(-c3ccc(C)cc3)cc(N(c3ccc(C)cc3)c3ccc4ccc5c(N(c6ccc(C)cc6)c6cc(-c7ccc(C)cc7)cc(-c7ccc(C)cc7)c6)ccc6ccc3c4c65)c2)cc1. The fourth-order valence-corrected chi connectivity index (χ4v) is 21.4. The van der Waals surface area contributed by atoms with Gasteiger partial charge in [-0.3, -0.25) is 0 Å². The Kier molecular flexibility index (Phi) is 24.7. The molecule has 704 valence electrons. The quantitative estimate of drug-likeness (QED) is 0.0627. The summed E-state index contributed by atoms with van der Waals surface area (Å²) in [5, 5.41) is 14.7. The average molecular weight is 1880 g/mol. The fraction of sp³-hybridized carbons (Fsp3) is 0.0986. The molecule has 0 saturated carbocycles. The van der Waals surface area contributed by atoms with E-state index in [0.29, 0.717) is 0 Å². The second kappa shape index (κ2) is 39.1. The van der Waals surface area contributed by atoms with E-state index in [4.69, 9.17) is 0 Å². The van der Waals surface area contributed by atoms with Gasteiger partial charge in [0.25, 0.3) is 0 Å². The molecule has 24 rings (SSSR count). The van der Waals surface area contributed by atoms with Crippen molar-refractivity contribution in [2.24, 2.45) is 0 Å². The van der Waals surface area contributed by atoms with Gasteiger partial charge in [-0.05, 0) is 371 Å². The van der Waals surface area contributed by atoms with Crippen LogP contribution in [0.25, 0.3) is 154 Å². The van der Waals surface area contributed by atoms with Crippen LogP contribution in [0.3, 0.4) is 0 Å². The van der Waals surface area contributed by atoms with Crippen LogP contribution >= 0.6 is 0 Å². The van der Waals surface area contributed by atoms with Crippen LogP contribution in [0.4, 0.5) is 68.2 Å². The summed E-state index contributed by atoms with van der Waals surface area (Å²) in [7, 11) is 0. The molecule has 0 N–H and O–H groups in total. The Morgan fingerprint density at radius 3 is 0.432 bits per heavy atom. The highest BCUT2D eigenvalue weighted by molar-refractivity contribution is 6.30. The maximum atomic E-state index is 2.49. The lowest BCUT2D eigenvalue weighted by molar-refractivity contribution is 1.14. The van der Waals surface area contributed by atoms with Crippen molar-refractivity contribution in [1.82, 2.24) is 0 Å². The lowest BCUT2D eigenvalue weighted by atomic mass is 9.91. The highest BCUT2D eigenvalue weighted by Crippen LogP contribution is 2.54. The zero-order valence-corrected chi connectivity index (χ0v) is 85.1. The molecule has 24 aromatic carbocycles. The molecule has 0 aromatic heterocycles. The lowest BCUT2D eigenvalue weighted by Crippen LogP contribution is -2.12. The third kappa shape index (κ3) is 18.3. The van der Waals surface area contributed by atoms with Crippen molar-refractivity contribution in [1.29, 1.82) is 0 Å². The van der Waals surface area contributed by atoms with Gasteiger partial charge in [-0.15, -0.1) is 0 Å². The summed E-state index contributed by atoms with van der Waals surface area (Å²) in [6, 6.07) is 174. The molecule has 146 heavy (non-hydrogen) atoms. The molecular formula is C142H116N4. The summed E-state index contributed by atoms with van der Waals surface area (Å²) in [6.07, 6.45) is 1.95. The summed E-state index contributed by atoms with van der Waals surface area (Å²) >= 11 is 0. The summed E-state index contributed by atoms with van der Waals surface area (Å²) in [6.45, 7) is 26.0. The molecular weight excluding hydrogens is 1760 g/mol. The maximum Gasteiger partial charge on any atom is 0.0540 e. The molecule has 0 unspecified atom stereocenters. The number of hydrogen-bond donors (Lipinski definition) is 0. The molecule has 0 aliphatic rings. The van der Waals surface area contributed by atoms with Gasteiger partial charge in [0, 0.05) is 67.0 Å². The zero-order chi connectivity index (χ0) is 99.5. The molecule has 0 fully saturated rings. The van der Waals surface area contributed by atoms with Crippen molar-refractivity contribution in [2.45, 2.75) is 95.9 Å². The second-order valence-electron chi connectivity index (χ2n) is 40.2. The van der Waals surface area contributed by atoms with Crippen LogP contribution in [0.2, 0.25) is 0 Å². The first-order valence-corrected chi connectivity index (χ1v) is 51.4. The van der Waals surface area contributed by atoms with Crippen molar-refractivity contribution in [3.05, 3.63) is 528 Å². The van der Waals surface area contributed by atoms with Crippen LogP contribution in [0.1, 0.15) is 80.6 Å². The predicted octanol–water partition coefficient (Wildman–Crippen LogP) is 40.6. The molecule has 0 aliphatic carbocycles. The van der Waals surface area contributed by atoms with E-state index in [2.05, 4.69) is 564 Å². The number of hydrogen-bond acceptors (Lipinski definition) is 4. The van der Waals surface area contributed by atoms with Gasteiger partial charge in [0.15, 0.2) is 0 Å². The van der Waals surface area contributed by atoms with Gasteiger partial charge in [0.05, 0.1) is 22.7 Å². The molecule has 0 saturated heterocycles. The number of benzene rings is 24. The monoisotopic (exact) mass is 1880 g/mol. The van der Waals surface area contributed by atoms with E-state index in [0.717, 1.165) is 81.1 Å². The Labute approximate surface area is 859 Å². The second-order valence-corrected chi connectivity index (χ2v) is 40.2. The van der Waals surface area contributed by atoms with Crippen LogP contribution in [0.15, 0.2) is 461 Å². The number of aryl methyl sites for hydroxylation is 12. The Balaban J connectivity index is 0.000000161. The Bertz CT molecular complexity index is 8150. The minimum atomic E-state index is 0.977. The van der Waals surface area contributed by atoms with Gasteiger partial charge >= 0.3 is 0 Å². The molecule has 0 spiro atoms. The van der Waals surface area contributed by atoms with Gasteiger partial charge in [-0.1, -0.05) is 385 Å². The van der Waals surface area contributed by atoms with E-state index in [-0.39, 0.29) is 0 Å². The average Bonchev–Trinajstić information content (AvgIpc) is 0.719. The smallest absolute Gasteiger partial charge is 0.0540 e. The summed E-state index contributed by atoms with van der Waals surface area (Å²) in [5.41, 5.74) is 47.4. The van der Waals surface area contributed by atoms with Gasteiger partial charge in [-0.25, -0.2) is 0 Å². The van der Waals surface area contributed by atoms with Crippen LogP contribution in [0.5, 0.6) is 0 Å². The van der Waals surface area contributed by atoms with Crippen molar-refractivity contribution < 1.29 is 0 Å². The number of anilines is 12. The van der Waals surface area contributed by atoms with E-state index < -0.39 is 0 Å². The minimum Gasteiger partial charge on any atom is -0.310 e. The predicted molar refractivity (Wildman–Crippen MR) is 629 cm³/mol. The summed E-state index contributed by atoms with van der Waals surface area (Å²) < 4.78 is 0. The molecule has 0 heterocycles. The molecule has 4 heteroatoms. The third-order valence-electron chi connectivity index (χ3n) is 29.8. The standard InChI is InChI=1S/C72H60N2.C70H56N2/c1-7-51-17-33-63(34-18-51)73(65-43-59(53-21-9-47(3)10-22-53)41-60(44-65)54-23-11-48(4)12-24-54)69-39-31-57-30-38-68-70(40-32-58-29-37-67(69)71(57)72(58)68)74(64-35-19-52(8-2)20-36-64)66-45-61(55-25-13-49(5)14-26-55)42-62(46-66)56-27-15-50(6)16-28-56;1-45-7-19-51(20-8-45)57-39-58(52-21-9-46(2)10-22-52)42-63(41-57)71(61-31-15-49(5)16-32-61)67-37-29-55-28-36-66-68(38-30-56-27-35-65(67)69(55)70(56)66)72(62-33-17-50(6)18-34-62)64-43-59(53-23-11-47(3)12-24-53)40-60(44-64)54-25-13-48(4)14-26-54/h9-46H,7-8H2,1-6H3;7-44H,1-6H3. The van der Waals surface area contributed by atoms with Crippen LogP contribution < -0.4 is 19.6 Å². The Morgan fingerprint density at radius 2 is 0.274 bits per heavy atom. The summed E-state index contributed by atoms with van der Waals surface area (Å²) in [4.78, 5) is 9.94. The normalized spacial score (nSPS) is 11.5. The minimum absolute atomic E-state index is 0.977. The van der Waals surface area contributed by atoms with Crippen molar-refractivity contribution in [3.8, 4) is 89.0 Å². The molecule has 0 amide bonds. The fourth-order valence-electron chi connectivity index (χ4n) is 21.4.